The van der Waals surface area contributed by atoms with E-state index in [1.807, 2.05) is 6.92 Å². The molecule has 0 saturated heterocycles. The molecule has 8 heteroatoms. The first-order valence-corrected chi connectivity index (χ1v) is 8.80. The molecule has 27 heavy (non-hydrogen) atoms. The normalized spacial score (nSPS) is 12.8. The van der Waals surface area contributed by atoms with Crippen LogP contribution in [0.3, 0.4) is 0 Å². The highest BCUT2D eigenvalue weighted by atomic mass is 16.6. The Balaban J connectivity index is 1.53. The molecule has 8 nitrogen and oxygen atoms in total. The van der Waals surface area contributed by atoms with Gasteiger partial charge in [0.25, 0.3) is 11.8 Å². The van der Waals surface area contributed by atoms with Gasteiger partial charge >= 0.3 is 0 Å². The topological polar surface area (TPSA) is 90.8 Å². The first kappa shape index (κ1) is 17.1. The number of nitrogens with zero attached hydrogens (tertiary/aromatic N) is 3. The minimum absolute atomic E-state index is 0.133. The molecule has 0 saturated carbocycles. The lowest BCUT2D eigenvalue weighted by Crippen LogP contribution is -2.31. The van der Waals surface area contributed by atoms with Crippen LogP contribution < -0.4 is 9.47 Å². The Hall–Kier alpha value is -3.29. The maximum absolute atomic E-state index is 13.0. The van der Waals surface area contributed by atoms with Crippen molar-refractivity contribution in [3.63, 3.8) is 0 Å². The summed E-state index contributed by atoms with van der Waals surface area (Å²) in [6, 6.07) is 8.69. The number of furan rings is 1. The average Bonchev–Trinajstić information content (AvgIpc) is 3.38. The Morgan fingerprint density at radius 2 is 2.00 bits per heavy atom. The van der Waals surface area contributed by atoms with Crippen LogP contribution in [0.25, 0.3) is 11.7 Å². The number of rotatable bonds is 6. The molecule has 1 aliphatic heterocycles. The lowest BCUT2D eigenvalue weighted by atomic mass is 10.1. The highest BCUT2D eigenvalue weighted by Crippen LogP contribution is 2.31. The van der Waals surface area contributed by atoms with Crippen molar-refractivity contribution in [3.05, 3.63) is 48.0 Å². The van der Waals surface area contributed by atoms with Gasteiger partial charge in [-0.3, -0.25) is 4.79 Å². The number of ether oxygens (including phenoxy) is 2. The second-order valence-corrected chi connectivity index (χ2v) is 6.06. The van der Waals surface area contributed by atoms with E-state index in [4.69, 9.17) is 18.3 Å². The summed E-state index contributed by atoms with van der Waals surface area (Å²) in [5.41, 5.74) is 0.526. The molecule has 0 spiro atoms. The molecule has 0 atom stereocenters. The molecule has 0 fully saturated rings. The van der Waals surface area contributed by atoms with Gasteiger partial charge in [0.1, 0.15) is 13.2 Å². The first-order chi connectivity index (χ1) is 13.2. The Kier molecular flexibility index (Phi) is 4.78. The quantitative estimate of drug-likeness (QED) is 0.659. The van der Waals surface area contributed by atoms with E-state index in [2.05, 4.69) is 10.2 Å². The number of benzene rings is 1. The lowest BCUT2D eigenvalue weighted by Gasteiger charge is -2.22. The summed E-state index contributed by atoms with van der Waals surface area (Å²) in [6.07, 6.45) is 2.34. The van der Waals surface area contributed by atoms with Crippen LogP contribution in [0.15, 0.2) is 45.4 Å². The van der Waals surface area contributed by atoms with Crippen molar-refractivity contribution in [2.45, 2.75) is 19.9 Å². The molecule has 1 aromatic carbocycles. The molecule has 4 rings (SSSR count). The molecular weight excluding hydrogens is 350 g/mol. The molecule has 3 heterocycles. The van der Waals surface area contributed by atoms with Gasteiger partial charge in [0, 0.05) is 12.1 Å². The van der Waals surface area contributed by atoms with Crippen LogP contribution in [-0.2, 0) is 6.54 Å². The van der Waals surface area contributed by atoms with Crippen molar-refractivity contribution >= 4 is 5.91 Å². The van der Waals surface area contributed by atoms with E-state index in [1.54, 1.807) is 35.2 Å². The summed E-state index contributed by atoms with van der Waals surface area (Å²) < 4.78 is 22.0. The van der Waals surface area contributed by atoms with Gasteiger partial charge in [0.05, 0.1) is 12.8 Å². The van der Waals surface area contributed by atoms with Gasteiger partial charge in [-0.25, -0.2) is 0 Å². The third-order valence-electron chi connectivity index (χ3n) is 4.09. The van der Waals surface area contributed by atoms with Crippen molar-refractivity contribution in [1.82, 2.24) is 15.1 Å². The smallest absolute Gasteiger partial charge is 0.283 e. The van der Waals surface area contributed by atoms with Crippen LogP contribution in [0.1, 0.15) is 29.6 Å². The standard InChI is InChI=1S/C19H19N3O5/c1-2-7-22(12-17-20-21-18(27-17)15-4-3-8-24-15)19(23)13-5-6-14-16(11-13)26-10-9-25-14/h3-6,8,11H,2,7,9-10,12H2,1H3. The number of hydrogen-bond donors (Lipinski definition) is 0. The molecule has 0 radical (unpaired) electrons. The van der Waals surface area contributed by atoms with Crippen LogP contribution in [0, 0.1) is 0 Å². The zero-order valence-electron chi connectivity index (χ0n) is 14.9. The molecule has 0 N–H and O–H groups in total. The largest absolute Gasteiger partial charge is 0.486 e. The SMILES string of the molecule is CCCN(Cc1nnc(-c2ccco2)o1)C(=O)c1ccc2c(c1)OCCO2. The van der Waals surface area contributed by atoms with E-state index in [-0.39, 0.29) is 12.5 Å². The summed E-state index contributed by atoms with van der Waals surface area (Å²) in [4.78, 5) is 14.7. The number of amides is 1. The highest BCUT2D eigenvalue weighted by molar-refractivity contribution is 5.94. The monoisotopic (exact) mass is 369 g/mol. The van der Waals surface area contributed by atoms with Gasteiger partial charge in [-0.05, 0) is 36.8 Å². The summed E-state index contributed by atoms with van der Waals surface area (Å²) in [5.74, 6) is 2.24. The summed E-state index contributed by atoms with van der Waals surface area (Å²) in [7, 11) is 0. The zero-order chi connectivity index (χ0) is 18.6. The van der Waals surface area contributed by atoms with E-state index >= 15 is 0 Å². The molecule has 3 aromatic rings. The molecule has 0 unspecified atom stereocenters. The van der Waals surface area contributed by atoms with Crippen molar-refractivity contribution < 1.29 is 23.1 Å². The van der Waals surface area contributed by atoms with E-state index in [0.717, 1.165) is 6.42 Å². The molecule has 1 aliphatic rings. The summed E-state index contributed by atoms with van der Waals surface area (Å²) in [6.45, 7) is 3.77. The summed E-state index contributed by atoms with van der Waals surface area (Å²) in [5, 5.41) is 8.00. The average molecular weight is 369 g/mol. The van der Waals surface area contributed by atoms with Crippen LogP contribution >= 0.6 is 0 Å². The molecule has 2 aromatic heterocycles. The van der Waals surface area contributed by atoms with Gasteiger partial charge in [0.15, 0.2) is 17.3 Å². The van der Waals surface area contributed by atoms with Crippen molar-refractivity contribution in [1.29, 1.82) is 0 Å². The maximum Gasteiger partial charge on any atom is 0.283 e. The van der Waals surface area contributed by atoms with Crippen LogP contribution in [-0.4, -0.2) is 40.8 Å². The van der Waals surface area contributed by atoms with Crippen LogP contribution in [0.4, 0.5) is 0 Å². The van der Waals surface area contributed by atoms with E-state index in [9.17, 15) is 4.79 Å². The molecule has 0 aliphatic carbocycles. The van der Waals surface area contributed by atoms with Crippen molar-refractivity contribution in [2.24, 2.45) is 0 Å². The fourth-order valence-corrected chi connectivity index (χ4v) is 2.86. The second kappa shape index (κ2) is 7.53. The summed E-state index contributed by atoms with van der Waals surface area (Å²) >= 11 is 0. The lowest BCUT2D eigenvalue weighted by molar-refractivity contribution is 0.0727. The predicted molar refractivity (Wildman–Crippen MR) is 94.5 cm³/mol. The van der Waals surface area contributed by atoms with Gasteiger partial charge < -0.3 is 23.2 Å². The fourth-order valence-electron chi connectivity index (χ4n) is 2.86. The van der Waals surface area contributed by atoms with Crippen LogP contribution in [0.2, 0.25) is 0 Å². The van der Waals surface area contributed by atoms with Crippen LogP contribution in [0.5, 0.6) is 11.5 Å². The van der Waals surface area contributed by atoms with E-state index in [1.165, 1.54) is 6.26 Å². The minimum atomic E-state index is -0.133. The number of carbonyl (C=O) groups excluding carboxylic acids is 1. The van der Waals surface area contributed by atoms with Gasteiger partial charge in [-0.2, -0.15) is 0 Å². The highest BCUT2D eigenvalue weighted by Gasteiger charge is 2.21. The predicted octanol–water partition coefficient (Wildman–Crippen LogP) is 3.15. The third-order valence-corrected chi connectivity index (χ3v) is 4.09. The minimum Gasteiger partial charge on any atom is -0.486 e. The fraction of sp³-hybridized carbons (Fsp3) is 0.316. The number of fused-ring (bicyclic) bond motifs is 1. The van der Waals surface area contributed by atoms with Gasteiger partial charge in [-0.15, -0.1) is 10.2 Å². The number of carbonyl (C=O) groups is 1. The molecule has 0 bridgehead atoms. The second-order valence-electron chi connectivity index (χ2n) is 6.06. The first-order valence-electron chi connectivity index (χ1n) is 8.80. The van der Waals surface area contributed by atoms with E-state index in [0.29, 0.717) is 54.4 Å². The van der Waals surface area contributed by atoms with Crippen molar-refractivity contribution in [2.75, 3.05) is 19.8 Å². The Morgan fingerprint density at radius 3 is 2.78 bits per heavy atom. The Morgan fingerprint density at radius 1 is 1.15 bits per heavy atom. The van der Waals surface area contributed by atoms with E-state index < -0.39 is 0 Å². The Labute approximate surface area is 155 Å². The molecular formula is C19H19N3O5. The Bertz CT molecular complexity index is 919. The molecule has 140 valence electrons. The maximum atomic E-state index is 13.0. The molecule has 1 amide bonds. The van der Waals surface area contributed by atoms with Gasteiger partial charge in [-0.1, -0.05) is 6.92 Å². The van der Waals surface area contributed by atoms with Crippen molar-refractivity contribution in [3.8, 4) is 23.1 Å². The number of hydrogen-bond acceptors (Lipinski definition) is 7. The third kappa shape index (κ3) is 3.64. The zero-order valence-corrected chi connectivity index (χ0v) is 14.9. The van der Waals surface area contributed by atoms with Gasteiger partial charge in [0.2, 0.25) is 5.89 Å². The number of aromatic nitrogens is 2.